The standard InChI is InChI=1S/C39H57N2O6.C3H8/c1-38(2,36(43)46-28-39(3,27-42)37(44)45-25-11-9-23-41(6,7)24-22-40(4)5)47-26-10-8-13-29-16-17-32-19-18-30-14-12-15-31-20-21-33(29)35(32)34(30)31;1-3-2/h12,14-18,20-21,34,42H,8-11,13,19,22-28H2,1-7H3;3H2,1-2H3/q+1;. The topological polar surface area (TPSA) is 85.3 Å². The molecule has 0 aromatic heterocycles. The van der Waals surface area contributed by atoms with Gasteiger partial charge in [0.05, 0.1) is 40.4 Å². The number of aliphatic hydroxyl groups excluding tert-OH is 1. The van der Waals surface area contributed by atoms with Crippen molar-refractivity contribution < 1.29 is 33.4 Å². The molecule has 1 aromatic rings. The third-order valence-electron chi connectivity index (χ3n) is 9.70. The van der Waals surface area contributed by atoms with Crippen LogP contribution in [0.4, 0.5) is 0 Å². The molecule has 0 radical (unpaired) electrons. The van der Waals surface area contributed by atoms with Crippen LogP contribution in [-0.4, -0.2) is 106 Å². The summed E-state index contributed by atoms with van der Waals surface area (Å²) in [6, 6.07) is 4.56. The van der Waals surface area contributed by atoms with Crippen molar-refractivity contribution in [2.45, 2.75) is 91.1 Å². The highest BCUT2D eigenvalue weighted by atomic mass is 16.6. The van der Waals surface area contributed by atoms with Gasteiger partial charge in [-0.05, 0) is 107 Å². The SMILES string of the molecule is CCC.CN(C)CC[N+](C)(C)CCCCOC(=O)C(C)(CO)COC(=O)C(C)(C)OCCCCc1ccc2c3c1C=CC1=CC=CC(=CC2)C13. The quantitative estimate of drug-likeness (QED) is 0.0968. The van der Waals surface area contributed by atoms with Crippen molar-refractivity contribution in [2.24, 2.45) is 5.41 Å². The Bertz CT molecular complexity index is 1420. The molecule has 1 N–H and O–H groups in total. The fourth-order valence-corrected chi connectivity index (χ4v) is 6.33. The van der Waals surface area contributed by atoms with E-state index in [4.69, 9.17) is 14.2 Å². The molecule has 3 aliphatic rings. The molecule has 0 fully saturated rings. The predicted octanol–water partition coefficient (Wildman–Crippen LogP) is 6.81. The van der Waals surface area contributed by atoms with Gasteiger partial charge >= 0.3 is 11.9 Å². The molecular weight excluding hydrogens is 628 g/mol. The van der Waals surface area contributed by atoms with E-state index >= 15 is 0 Å². The Hall–Kier alpha value is -3.04. The number of hydrogen-bond donors (Lipinski definition) is 1. The average Bonchev–Trinajstić information content (AvgIpc) is 3.08. The van der Waals surface area contributed by atoms with E-state index in [1.807, 2.05) is 0 Å². The number of aryl methyl sites for hydroxylation is 1. The Morgan fingerprint density at radius 3 is 2.34 bits per heavy atom. The first-order valence-corrected chi connectivity index (χ1v) is 18.6. The number of unbranched alkanes of at least 4 members (excludes halogenated alkanes) is 2. The van der Waals surface area contributed by atoms with Crippen molar-refractivity contribution in [1.29, 1.82) is 0 Å². The van der Waals surface area contributed by atoms with Crippen LogP contribution in [0, 0.1) is 5.41 Å². The van der Waals surface area contributed by atoms with Gasteiger partial charge in [0.2, 0.25) is 0 Å². The van der Waals surface area contributed by atoms with Crippen LogP contribution < -0.4 is 0 Å². The second-order valence-corrected chi connectivity index (χ2v) is 15.8. The lowest BCUT2D eigenvalue weighted by atomic mass is 9.70. The van der Waals surface area contributed by atoms with Crippen LogP contribution in [0.2, 0.25) is 0 Å². The minimum atomic E-state index is -1.34. The van der Waals surface area contributed by atoms with Crippen LogP contribution >= 0.6 is 0 Å². The summed E-state index contributed by atoms with van der Waals surface area (Å²) in [7, 11) is 8.55. The summed E-state index contributed by atoms with van der Waals surface area (Å²) in [6.45, 7) is 12.1. The fraction of sp³-hybridized carbons (Fsp3) is 0.619. The molecule has 0 aliphatic heterocycles. The summed E-state index contributed by atoms with van der Waals surface area (Å²) in [5.41, 5.74) is 5.84. The summed E-state index contributed by atoms with van der Waals surface area (Å²) in [6.07, 6.45) is 20.1. The molecule has 0 bridgehead atoms. The van der Waals surface area contributed by atoms with Gasteiger partial charge in [-0.1, -0.05) is 68.9 Å². The number of rotatable bonds is 19. The summed E-state index contributed by atoms with van der Waals surface area (Å²) >= 11 is 0. The predicted molar refractivity (Wildman–Crippen MR) is 203 cm³/mol. The summed E-state index contributed by atoms with van der Waals surface area (Å²) in [5.74, 6) is -0.780. The van der Waals surface area contributed by atoms with Gasteiger partial charge in [-0.2, -0.15) is 0 Å². The first-order chi connectivity index (χ1) is 23.7. The minimum absolute atomic E-state index is 0.266. The number of nitrogens with zero attached hydrogens (tertiary/aromatic N) is 2. The molecule has 0 heterocycles. The number of ether oxygens (including phenoxy) is 3. The highest BCUT2D eigenvalue weighted by molar-refractivity contribution is 5.80. The second-order valence-electron chi connectivity index (χ2n) is 15.8. The molecule has 0 saturated carbocycles. The van der Waals surface area contributed by atoms with Gasteiger partial charge in [0.1, 0.15) is 12.0 Å². The Balaban J connectivity index is 0.00000217. The molecule has 278 valence electrons. The zero-order valence-corrected chi connectivity index (χ0v) is 32.5. The molecule has 0 spiro atoms. The molecule has 4 rings (SSSR count). The van der Waals surface area contributed by atoms with E-state index in [2.05, 4.69) is 95.5 Å². The molecule has 2 atom stereocenters. The fourth-order valence-electron chi connectivity index (χ4n) is 6.33. The molecule has 50 heavy (non-hydrogen) atoms. The number of allylic oxidation sites excluding steroid dienone is 7. The molecule has 0 amide bonds. The summed E-state index contributed by atoms with van der Waals surface area (Å²) in [5, 5.41) is 10.00. The third kappa shape index (κ3) is 11.5. The smallest absolute Gasteiger partial charge is 0.337 e. The van der Waals surface area contributed by atoms with Crippen molar-refractivity contribution in [1.82, 2.24) is 4.90 Å². The van der Waals surface area contributed by atoms with Gasteiger partial charge in [0.25, 0.3) is 0 Å². The average molecular weight is 694 g/mol. The molecule has 2 unspecified atom stereocenters. The number of hydrogen-bond acceptors (Lipinski definition) is 7. The van der Waals surface area contributed by atoms with E-state index in [-0.39, 0.29) is 13.2 Å². The maximum Gasteiger partial charge on any atom is 0.337 e. The first-order valence-electron chi connectivity index (χ1n) is 18.6. The lowest BCUT2D eigenvalue weighted by Crippen LogP contribution is -2.45. The molecule has 8 nitrogen and oxygen atoms in total. The summed E-state index contributed by atoms with van der Waals surface area (Å²) in [4.78, 5) is 28.0. The first kappa shape index (κ1) is 41.4. The Labute approximate surface area is 302 Å². The molecule has 1 aromatic carbocycles. The van der Waals surface area contributed by atoms with Crippen LogP contribution in [0.25, 0.3) is 6.08 Å². The van der Waals surface area contributed by atoms with Crippen molar-refractivity contribution in [2.75, 3.05) is 74.3 Å². The van der Waals surface area contributed by atoms with Gasteiger partial charge in [-0.25, -0.2) is 4.79 Å². The normalized spacial score (nSPS) is 17.2. The van der Waals surface area contributed by atoms with Crippen LogP contribution in [0.1, 0.15) is 94.9 Å². The van der Waals surface area contributed by atoms with Gasteiger partial charge in [0, 0.05) is 19.1 Å². The van der Waals surface area contributed by atoms with Gasteiger partial charge in [-0.15, -0.1) is 0 Å². The van der Waals surface area contributed by atoms with E-state index in [9.17, 15) is 14.7 Å². The van der Waals surface area contributed by atoms with Crippen molar-refractivity contribution >= 4 is 18.0 Å². The summed E-state index contributed by atoms with van der Waals surface area (Å²) < 4.78 is 17.9. The minimum Gasteiger partial charge on any atom is -0.465 e. The third-order valence-corrected chi connectivity index (χ3v) is 9.70. The van der Waals surface area contributed by atoms with E-state index in [0.29, 0.717) is 12.5 Å². The van der Waals surface area contributed by atoms with Crippen molar-refractivity contribution in [3.8, 4) is 0 Å². The zero-order valence-electron chi connectivity index (χ0n) is 32.5. The van der Waals surface area contributed by atoms with Crippen LogP contribution in [-0.2, 0) is 36.6 Å². The largest absolute Gasteiger partial charge is 0.465 e. The van der Waals surface area contributed by atoms with E-state index < -0.39 is 29.6 Å². The monoisotopic (exact) mass is 693 g/mol. The Kier molecular flexibility index (Phi) is 15.7. The Morgan fingerprint density at radius 1 is 0.920 bits per heavy atom. The number of likely N-dealkylation sites (N-methyl/N-ethyl adjacent to an activating group) is 2. The number of carbonyl (C=O) groups is 2. The number of benzene rings is 1. The van der Waals surface area contributed by atoms with E-state index in [1.54, 1.807) is 20.8 Å². The van der Waals surface area contributed by atoms with E-state index in [1.165, 1.54) is 39.8 Å². The van der Waals surface area contributed by atoms with E-state index in [0.717, 1.165) is 62.6 Å². The van der Waals surface area contributed by atoms with Gasteiger partial charge < -0.3 is 28.7 Å². The highest BCUT2D eigenvalue weighted by Crippen LogP contribution is 2.46. The van der Waals surface area contributed by atoms with Crippen LogP contribution in [0.15, 0.2) is 53.7 Å². The van der Waals surface area contributed by atoms with Crippen LogP contribution in [0.3, 0.4) is 0 Å². The number of carbonyl (C=O) groups excluding carboxylic acids is 2. The molecule has 8 heteroatoms. The second kappa shape index (κ2) is 19.0. The molecule has 3 aliphatic carbocycles. The van der Waals surface area contributed by atoms with Crippen molar-refractivity contribution in [3.63, 3.8) is 0 Å². The molecular formula is C42H65N2O6+. The maximum atomic E-state index is 13.0. The highest BCUT2D eigenvalue weighted by Gasteiger charge is 2.39. The zero-order chi connectivity index (χ0) is 37.0. The number of esters is 2. The lowest BCUT2D eigenvalue weighted by molar-refractivity contribution is -0.890. The number of quaternary nitrogens is 1. The van der Waals surface area contributed by atoms with Gasteiger partial charge in [0.15, 0.2) is 5.60 Å². The Morgan fingerprint density at radius 2 is 1.64 bits per heavy atom. The van der Waals surface area contributed by atoms with Gasteiger partial charge in [-0.3, -0.25) is 4.79 Å². The van der Waals surface area contributed by atoms with Crippen molar-refractivity contribution in [3.05, 3.63) is 75.9 Å². The maximum absolute atomic E-state index is 13.0. The lowest BCUT2D eigenvalue weighted by Gasteiger charge is -2.34. The molecule has 0 saturated heterocycles. The number of aliphatic hydroxyl groups is 1. The van der Waals surface area contributed by atoms with Crippen LogP contribution in [0.5, 0.6) is 0 Å².